The first-order valence-corrected chi connectivity index (χ1v) is 10.7. The molecule has 0 saturated carbocycles. The van der Waals surface area contributed by atoms with Crippen LogP contribution in [0.1, 0.15) is 31.5 Å². The van der Waals surface area contributed by atoms with Gasteiger partial charge in [0.05, 0.1) is 11.2 Å². The minimum atomic E-state index is 0.0128. The number of anilines is 1. The normalized spacial score (nSPS) is 12.3. The minimum absolute atomic E-state index is 0.0128. The van der Waals surface area contributed by atoms with Gasteiger partial charge in [-0.3, -0.25) is 4.40 Å². The van der Waals surface area contributed by atoms with Gasteiger partial charge in [0.15, 0.2) is 0 Å². The van der Waals surface area contributed by atoms with Gasteiger partial charge in [0.1, 0.15) is 29.1 Å². The number of fused-ring (bicyclic) bond motifs is 2. The smallest absolute Gasteiger partial charge is 0.150 e. The van der Waals surface area contributed by atoms with Gasteiger partial charge in [-0.25, -0.2) is 15.0 Å². The van der Waals surface area contributed by atoms with Crippen LogP contribution in [0.15, 0.2) is 73.1 Å². The summed E-state index contributed by atoms with van der Waals surface area (Å²) in [5.41, 5.74) is 11.6. The van der Waals surface area contributed by atoms with Crippen molar-refractivity contribution >= 4 is 28.5 Å². The molecule has 6 nitrogen and oxygen atoms in total. The first-order valence-electron chi connectivity index (χ1n) is 10.7. The Bertz CT molecular complexity index is 1420. The molecule has 1 atom stereocenters. The number of carbonyl (C=O) groups is 1. The van der Waals surface area contributed by atoms with E-state index in [-0.39, 0.29) is 5.92 Å². The van der Waals surface area contributed by atoms with E-state index in [1.54, 1.807) is 6.20 Å². The van der Waals surface area contributed by atoms with Gasteiger partial charge in [-0.05, 0) is 18.6 Å². The number of rotatable bonds is 6. The molecule has 5 aromatic rings. The van der Waals surface area contributed by atoms with Gasteiger partial charge in [0.25, 0.3) is 0 Å². The molecule has 2 N–H and O–H groups in total. The van der Waals surface area contributed by atoms with Crippen LogP contribution in [-0.4, -0.2) is 25.6 Å². The van der Waals surface area contributed by atoms with Crippen molar-refractivity contribution in [1.82, 2.24) is 19.4 Å². The molecule has 158 valence electrons. The summed E-state index contributed by atoms with van der Waals surface area (Å²) in [5, 5.41) is 1.05. The van der Waals surface area contributed by atoms with Crippen molar-refractivity contribution in [2.24, 2.45) is 0 Å². The standard InChI is InChI=1S/C26H23N5O/c1-2-17(12-15-32)26-30-23(24-25(27)28-13-14-31(24)26)20-9-8-19-10-11-21(29-22(19)16-20)18-6-4-3-5-7-18/h3-11,13-17H,2,12H2,1H3,(H2,27,28). The first kappa shape index (κ1) is 19.9. The number of hydrogen-bond acceptors (Lipinski definition) is 5. The lowest BCUT2D eigenvalue weighted by Crippen LogP contribution is -2.05. The molecule has 0 amide bonds. The number of benzene rings is 2. The molecule has 0 aliphatic heterocycles. The number of nitrogens with two attached hydrogens (primary N) is 1. The molecule has 3 heterocycles. The monoisotopic (exact) mass is 421 g/mol. The van der Waals surface area contributed by atoms with E-state index in [9.17, 15) is 4.79 Å². The van der Waals surface area contributed by atoms with E-state index < -0.39 is 0 Å². The molecule has 3 aromatic heterocycles. The highest BCUT2D eigenvalue weighted by Gasteiger charge is 2.21. The quantitative estimate of drug-likeness (QED) is 0.377. The van der Waals surface area contributed by atoms with Crippen molar-refractivity contribution in [3.63, 3.8) is 0 Å². The fraction of sp³-hybridized carbons (Fsp3) is 0.154. The highest BCUT2D eigenvalue weighted by atomic mass is 16.1. The minimum Gasteiger partial charge on any atom is -0.382 e. The summed E-state index contributed by atoms with van der Waals surface area (Å²) in [6.45, 7) is 2.06. The molecular weight excluding hydrogens is 398 g/mol. The van der Waals surface area contributed by atoms with Gasteiger partial charge in [0.2, 0.25) is 0 Å². The van der Waals surface area contributed by atoms with Crippen LogP contribution in [0.2, 0.25) is 0 Å². The Morgan fingerprint density at radius 2 is 1.84 bits per heavy atom. The number of nitrogen functional groups attached to an aromatic ring is 1. The molecule has 0 aliphatic rings. The van der Waals surface area contributed by atoms with Crippen LogP contribution in [0.25, 0.3) is 38.9 Å². The number of hydrogen-bond donors (Lipinski definition) is 1. The maximum absolute atomic E-state index is 11.2. The van der Waals surface area contributed by atoms with Crippen molar-refractivity contribution in [3.8, 4) is 22.5 Å². The molecule has 0 fully saturated rings. The third-order valence-corrected chi connectivity index (χ3v) is 5.88. The van der Waals surface area contributed by atoms with Gasteiger partial charge in [-0.2, -0.15) is 0 Å². The molecule has 1 unspecified atom stereocenters. The zero-order valence-electron chi connectivity index (χ0n) is 17.8. The highest BCUT2D eigenvalue weighted by molar-refractivity contribution is 5.91. The van der Waals surface area contributed by atoms with Crippen LogP contribution < -0.4 is 5.73 Å². The summed E-state index contributed by atoms with van der Waals surface area (Å²) < 4.78 is 1.97. The Labute approximate surface area is 185 Å². The van der Waals surface area contributed by atoms with Crippen molar-refractivity contribution in [2.75, 3.05) is 5.73 Å². The van der Waals surface area contributed by atoms with Crippen LogP contribution in [0.5, 0.6) is 0 Å². The van der Waals surface area contributed by atoms with Crippen LogP contribution in [0.3, 0.4) is 0 Å². The predicted molar refractivity (Wildman–Crippen MR) is 127 cm³/mol. The Kier molecular flexibility index (Phi) is 5.11. The van der Waals surface area contributed by atoms with E-state index in [4.69, 9.17) is 15.7 Å². The van der Waals surface area contributed by atoms with Crippen molar-refractivity contribution in [1.29, 1.82) is 0 Å². The van der Waals surface area contributed by atoms with Crippen LogP contribution in [-0.2, 0) is 4.79 Å². The van der Waals surface area contributed by atoms with Crippen molar-refractivity contribution in [3.05, 3.63) is 78.9 Å². The van der Waals surface area contributed by atoms with E-state index in [0.717, 1.165) is 57.5 Å². The number of aromatic nitrogens is 4. The Morgan fingerprint density at radius 1 is 1.03 bits per heavy atom. The molecule has 0 bridgehead atoms. The molecule has 6 heteroatoms. The number of carbonyl (C=O) groups excluding carboxylic acids is 1. The summed E-state index contributed by atoms with van der Waals surface area (Å²) in [4.78, 5) is 25.4. The Hall–Kier alpha value is -4.06. The second kappa shape index (κ2) is 8.23. The van der Waals surface area contributed by atoms with Crippen LogP contribution in [0.4, 0.5) is 5.82 Å². The zero-order chi connectivity index (χ0) is 22.1. The van der Waals surface area contributed by atoms with Gasteiger partial charge < -0.3 is 10.5 Å². The molecule has 0 saturated heterocycles. The van der Waals surface area contributed by atoms with E-state index >= 15 is 0 Å². The van der Waals surface area contributed by atoms with Gasteiger partial charge in [-0.1, -0.05) is 55.5 Å². The third-order valence-electron chi connectivity index (χ3n) is 5.88. The van der Waals surface area contributed by atoms with Crippen molar-refractivity contribution < 1.29 is 4.79 Å². The topological polar surface area (TPSA) is 86.2 Å². The lowest BCUT2D eigenvalue weighted by molar-refractivity contribution is -0.108. The number of imidazole rings is 1. The van der Waals surface area contributed by atoms with Crippen LogP contribution in [0, 0.1) is 0 Å². The number of pyridine rings is 1. The molecule has 2 aromatic carbocycles. The second-order valence-electron chi connectivity index (χ2n) is 7.83. The third kappa shape index (κ3) is 3.39. The molecular formula is C26H23N5O. The first-order chi connectivity index (χ1) is 15.7. The van der Waals surface area contributed by atoms with Gasteiger partial charge in [0, 0.05) is 41.2 Å². The summed E-state index contributed by atoms with van der Waals surface area (Å²) in [6, 6.07) is 20.4. The summed E-state index contributed by atoms with van der Waals surface area (Å²) in [5.74, 6) is 1.25. The van der Waals surface area contributed by atoms with E-state index in [0.29, 0.717) is 12.2 Å². The van der Waals surface area contributed by atoms with E-state index in [1.165, 1.54) is 0 Å². The number of aldehydes is 1. The highest BCUT2D eigenvalue weighted by Crippen LogP contribution is 2.34. The molecule has 0 aliphatic carbocycles. The summed E-state index contributed by atoms with van der Waals surface area (Å²) in [6.07, 6.45) is 5.69. The van der Waals surface area contributed by atoms with Gasteiger partial charge in [-0.15, -0.1) is 0 Å². The average Bonchev–Trinajstić information content (AvgIpc) is 3.23. The maximum atomic E-state index is 11.2. The average molecular weight is 422 g/mol. The second-order valence-corrected chi connectivity index (χ2v) is 7.83. The molecule has 32 heavy (non-hydrogen) atoms. The lowest BCUT2D eigenvalue weighted by atomic mass is 10.0. The Morgan fingerprint density at radius 3 is 2.62 bits per heavy atom. The van der Waals surface area contributed by atoms with E-state index in [1.807, 2.05) is 53.1 Å². The fourth-order valence-corrected chi connectivity index (χ4v) is 4.18. The molecule has 5 rings (SSSR count). The zero-order valence-corrected chi connectivity index (χ0v) is 17.8. The van der Waals surface area contributed by atoms with Crippen LogP contribution >= 0.6 is 0 Å². The lowest BCUT2D eigenvalue weighted by Gasteiger charge is -2.10. The molecule has 0 radical (unpaired) electrons. The molecule has 0 spiro atoms. The summed E-state index contributed by atoms with van der Waals surface area (Å²) >= 11 is 0. The summed E-state index contributed by atoms with van der Waals surface area (Å²) in [7, 11) is 0. The Balaban J connectivity index is 1.69. The predicted octanol–water partition coefficient (Wildman–Crippen LogP) is 5.28. The van der Waals surface area contributed by atoms with Crippen molar-refractivity contribution in [2.45, 2.75) is 25.7 Å². The number of nitrogens with zero attached hydrogens (tertiary/aromatic N) is 4. The fourth-order valence-electron chi connectivity index (χ4n) is 4.18. The van der Waals surface area contributed by atoms with Gasteiger partial charge >= 0.3 is 0 Å². The van der Waals surface area contributed by atoms with E-state index in [2.05, 4.69) is 30.1 Å². The SMILES string of the molecule is CCC(CC=O)c1nc(-c2ccc3ccc(-c4ccccc4)nc3c2)c2c(N)nccn12. The maximum Gasteiger partial charge on any atom is 0.150 e. The largest absolute Gasteiger partial charge is 0.382 e.